The summed E-state index contributed by atoms with van der Waals surface area (Å²) in [5, 5.41) is 18.0. The van der Waals surface area contributed by atoms with Gasteiger partial charge < -0.3 is 15.9 Å². The van der Waals surface area contributed by atoms with Crippen LogP contribution in [0.1, 0.15) is 23.6 Å². The predicted molar refractivity (Wildman–Crippen MR) is 51.7 cm³/mol. The Morgan fingerprint density at radius 1 is 1.31 bits per heavy atom. The average Bonchev–Trinajstić information content (AvgIpc) is 2.16. The standard InChI is InChI=1S/C10H12F3NO2/c11-10(12,13)6-2-1-3-8(16)9(6)7(14)4-5-15/h1-3,7,15-16H,4-5,14H2. The molecule has 1 atom stereocenters. The third kappa shape index (κ3) is 2.65. The molecule has 4 N–H and O–H groups in total. The van der Waals surface area contributed by atoms with Gasteiger partial charge in [0.25, 0.3) is 0 Å². The lowest BCUT2D eigenvalue weighted by Gasteiger charge is -2.18. The van der Waals surface area contributed by atoms with Crippen LogP contribution in [0.3, 0.4) is 0 Å². The van der Waals surface area contributed by atoms with E-state index in [4.69, 9.17) is 10.8 Å². The zero-order valence-corrected chi connectivity index (χ0v) is 8.33. The number of phenols is 1. The molecule has 0 fully saturated rings. The molecule has 0 saturated heterocycles. The van der Waals surface area contributed by atoms with Crippen molar-refractivity contribution in [2.24, 2.45) is 5.73 Å². The highest BCUT2D eigenvalue weighted by Gasteiger charge is 2.35. The molecule has 0 heterocycles. The van der Waals surface area contributed by atoms with E-state index in [1.807, 2.05) is 0 Å². The second kappa shape index (κ2) is 4.71. The van der Waals surface area contributed by atoms with Gasteiger partial charge in [0.15, 0.2) is 0 Å². The third-order valence-corrected chi connectivity index (χ3v) is 2.20. The Balaban J connectivity index is 3.24. The molecule has 16 heavy (non-hydrogen) atoms. The van der Waals surface area contributed by atoms with Gasteiger partial charge in [-0.3, -0.25) is 0 Å². The Morgan fingerprint density at radius 2 is 1.94 bits per heavy atom. The molecule has 90 valence electrons. The van der Waals surface area contributed by atoms with Crippen LogP contribution in [0.4, 0.5) is 13.2 Å². The number of hydrogen-bond acceptors (Lipinski definition) is 3. The van der Waals surface area contributed by atoms with Gasteiger partial charge >= 0.3 is 6.18 Å². The lowest BCUT2D eigenvalue weighted by atomic mass is 9.97. The van der Waals surface area contributed by atoms with Gasteiger partial charge in [-0.1, -0.05) is 6.07 Å². The van der Waals surface area contributed by atoms with Crippen molar-refractivity contribution in [1.29, 1.82) is 0 Å². The topological polar surface area (TPSA) is 66.5 Å². The van der Waals surface area contributed by atoms with Crippen LogP contribution >= 0.6 is 0 Å². The van der Waals surface area contributed by atoms with Crippen LogP contribution in [-0.4, -0.2) is 16.8 Å². The number of aromatic hydroxyl groups is 1. The maximum Gasteiger partial charge on any atom is 0.416 e. The largest absolute Gasteiger partial charge is 0.508 e. The van der Waals surface area contributed by atoms with Crippen LogP contribution in [0.15, 0.2) is 18.2 Å². The summed E-state index contributed by atoms with van der Waals surface area (Å²) >= 11 is 0. The molecule has 1 rings (SSSR count). The van der Waals surface area contributed by atoms with Crippen molar-refractivity contribution < 1.29 is 23.4 Å². The van der Waals surface area contributed by atoms with E-state index < -0.39 is 23.5 Å². The summed E-state index contributed by atoms with van der Waals surface area (Å²) in [5.74, 6) is -0.504. The van der Waals surface area contributed by atoms with Gasteiger partial charge in [0.1, 0.15) is 5.75 Å². The molecule has 0 aromatic heterocycles. The van der Waals surface area contributed by atoms with Crippen LogP contribution in [0.5, 0.6) is 5.75 Å². The Hall–Kier alpha value is -1.27. The number of phenolic OH excluding ortho intramolecular Hbond substituents is 1. The monoisotopic (exact) mass is 235 g/mol. The number of benzene rings is 1. The summed E-state index contributed by atoms with van der Waals surface area (Å²) in [6.07, 6.45) is -4.61. The second-order valence-corrected chi connectivity index (χ2v) is 3.35. The molecule has 1 aromatic rings. The normalized spacial score (nSPS) is 13.8. The van der Waals surface area contributed by atoms with E-state index in [1.54, 1.807) is 0 Å². The molecule has 0 saturated carbocycles. The highest BCUT2D eigenvalue weighted by Crippen LogP contribution is 2.38. The van der Waals surface area contributed by atoms with Crippen molar-refractivity contribution in [3.8, 4) is 5.75 Å². The summed E-state index contributed by atoms with van der Waals surface area (Å²) < 4.78 is 37.8. The number of aliphatic hydroxyl groups is 1. The van der Waals surface area contributed by atoms with E-state index in [2.05, 4.69) is 0 Å². The third-order valence-electron chi connectivity index (χ3n) is 2.20. The van der Waals surface area contributed by atoms with Crippen LogP contribution in [-0.2, 0) is 6.18 Å². The summed E-state index contributed by atoms with van der Waals surface area (Å²) in [5.41, 5.74) is 4.15. The molecular weight excluding hydrogens is 223 g/mol. The molecule has 0 spiro atoms. The highest BCUT2D eigenvalue weighted by molar-refractivity contribution is 5.43. The number of rotatable bonds is 3. The van der Waals surface area contributed by atoms with Gasteiger partial charge in [-0.15, -0.1) is 0 Å². The fourth-order valence-electron chi connectivity index (χ4n) is 1.47. The quantitative estimate of drug-likeness (QED) is 0.748. The molecule has 0 amide bonds. The van der Waals surface area contributed by atoms with Crippen LogP contribution in [0, 0.1) is 0 Å². The van der Waals surface area contributed by atoms with Gasteiger partial charge in [0, 0.05) is 18.2 Å². The number of aliphatic hydroxyl groups excluding tert-OH is 1. The first-order chi connectivity index (χ1) is 7.38. The second-order valence-electron chi connectivity index (χ2n) is 3.35. The van der Waals surface area contributed by atoms with E-state index in [0.29, 0.717) is 0 Å². The Morgan fingerprint density at radius 3 is 2.44 bits per heavy atom. The fraction of sp³-hybridized carbons (Fsp3) is 0.400. The van der Waals surface area contributed by atoms with E-state index in [1.165, 1.54) is 0 Å². The highest BCUT2D eigenvalue weighted by atomic mass is 19.4. The van der Waals surface area contributed by atoms with Crippen molar-refractivity contribution in [2.75, 3.05) is 6.61 Å². The first-order valence-electron chi connectivity index (χ1n) is 4.63. The molecule has 0 bridgehead atoms. The SMILES string of the molecule is NC(CCO)c1c(O)cccc1C(F)(F)F. The Kier molecular flexibility index (Phi) is 3.77. The number of hydrogen-bond donors (Lipinski definition) is 3. The van der Waals surface area contributed by atoms with Crippen LogP contribution in [0.25, 0.3) is 0 Å². The zero-order valence-electron chi connectivity index (χ0n) is 8.33. The molecule has 6 heteroatoms. The van der Waals surface area contributed by atoms with Gasteiger partial charge in [-0.2, -0.15) is 13.2 Å². The van der Waals surface area contributed by atoms with Crippen molar-refractivity contribution >= 4 is 0 Å². The summed E-state index contributed by atoms with van der Waals surface area (Å²) in [6.45, 7) is -0.340. The lowest BCUT2D eigenvalue weighted by molar-refractivity contribution is -0.138. The molecule has 0 radical (unpaired) electrons. The molecular formula is C10H12F3NO2. The fourth-order valence-corrected chi connectivity index (χ4v) is 1.47. The van der Waals surface area contributed by atoms with Crippen molar-refractivity contribution in [3.05, 3.63) is 29.3 Å². The van der Waals surface area contributed by atoms with Gasteiger partial charge in [-0.05, 0) is 18.6 Å². The van der Waals surface area contributed by atoms with Crippen LogP contribution < -0.4 is 5.73 Å². The summed E-state index contributed by atoms with van der Waals surface area (Å²) in [4.78, 5) is 0. The predicted octanol–water partition coefficient (Wildman–Crippen LogP) is 1.79. The molecule has 3 nitrogen and oxygen atoms in total. The van der Waals surface area contributed by atoms with E-state index >= 15 is 0 Å². The number of halogens is 3. The maximum atomic E-state index is 12.6. The Bertz CT molecular complexity index is 366. The smallest absolute Gasteiger partial charge is 0.416 e. The van der Waals surface area contributed by atoms with Crippen molar-refractivity contribution in [1.82, 2.24) is 0 Å². The van der Waals surface area contributed by atoms with E-state index in [0.717, 1.165) is 18.2 Å². The van der Waals surface area contributed by atoms with Crippen molar-refractivity contribution in [3.63, 3.8) is 0 Å². The molecule has 1 aromatic carbocycles. The van der Waals surface area contributed by atoms with Crippen LogP contribution in [0.2, 0.25) is 0 Å². The van der Waals surface area contributed by atoms with Gasteiger partial charge in [0.2, 0.25) is 0 Å². The minimum Gasteiger partial charge on any atom is -0.508 e. The van der Waals surface area contributed by atoms with E-state index in [-0.39, 0.29) is 18.6 Å². The molecule has 0 aliphatic heterocycles. The first kappa shape index (κ1) is 12.8. The zero-order chi connectivity index (χ0) is 12.3. The minimum absolute atomic E-state index is 0.0410. The van der Waals surface area contributed by atoms with Crippen molar-refractivity contribution in [2.45, 2.75) is 18.6 Å². The number of alkyl halides is 3. The average molecular weight is 235 g/mol. The molecule has 0 aliphatic rings. The maximum absolute atomic E-state index is 12.6. The van der Waals surface area contributed by atoms with E-state index in [9.17, 15) is 18.3 Å². The lowest BCUT2D eigenvalue weighted by Crippen LogP contribution is -2.18. The summed E-state index contributed by atoms with van der Waals surface area (Å²) in [6, 6.07) is 2.06. The first-order valence-corrected chi connectivity index (χ1v) is 4.63. The van der Waals surface area contributed by atoms with Gasteiger partial charge in [0.05, 0.1) is 5.56 Å². The minimum atomic E-state index is -4.57. The number of nitrogens with two attached hydrogens (primary N) is 1. The molecule has 0 aliphatic carbocycles. The Labute approximate surface area is 90.3 Å². The van der Waals surface area contributed by atoms with Gasteiger partial charge in [-0.25, -0.2) is 0 Å². The summed E-state index contributed by atoms with van der Waals surface area (Å²) in [7, 11) is 0. The molecule has 1 unspecified atom stereocenters.